The number of carbonyl (C=O) groups is 1. The van der Waals surface area contributed by atoms with Crippen LogP contribution in [0.3, 0.4) is 0 Å². The van der Waals surface area contributed by atoms with Crippen LogP contribution in [0.15, 0.2) is 0 Å². The number of nitrogens with zero attached hydrogens (tertiary/aromatic N) is 2. The van der Waals surface area contributed by atoms with Gasteiger partial charge in [-0.1, -0.05) is 37.5 Å². The summed E-state index contributed by atoms with van der Waals surface area (Å²) < 4.78 is 0. The van der Waals surface area contributed by atoms with Crippen LogP contribution in [0.5, 0.6) is 0 Å². The van der Waals surface area contributed by atoms with Gasteiger partial charge in [-0.15, -0.1) is 10.2 Å². The van der Waals surface area contributed by atoms with E-state index in [-0.39, 0.29) is 11.3 Å². The maximum absolute atomic E-state index is 11.8. The lowest BCUT2D eigenvalue weighted by Gasteiger charge is -2.33. The summed E-state index contributed by atoms with van der Waals surface area (Å²) in [4.78, 5) is 11.8. The molecule has 0 aromatic carbocycles. The molecule has 0 atom stereocenters. The number of nitrogens with two attached hydrogens (primary N) is 1. The molecule has 0 bridgehead atoms. The van der Waals surface area contributed by atoms with Crippen LogP contribution in [0.1, 0.15) is 48.8 Å². The smallest absolute Gasteiger partial charge is 0.282 e. The molecular formula is C11H18N4OS. The Morgan fingerprint density at radius 3 is 2.71 bits per heavy atom. The number of hydrogen-bond acceptors (Lipinski definition) is 5. The molecule has 1 aromatic rings. The van der Waals surface area contributed by atoms with Gasteiger partial charge in [-0.05, 0) is 18.3 Å². The second-order valence-electron chi connectivity index (χ2n) is 5.00. The number of aromatic nitrogens is 2. The van der Waals surface area contributed by atoms with Gasteiger partial charge in [-0.3, -0.25) is 4.79 Å². The van der Waals surface area contributed by atoms with Crippen LogP contribution in [0.2, 0.25) is 0 Å². The highest BCUT2D eigenvalue weighted by Gasteiger charge is 2.27. The van der Waals surface area contributed by atoms with Crippen molar-refractivity contribution in [3.05, 3.63) is 5.01 Å². The van der Waals surface area contributed by atoms with Crippen molar-refractivity contribution in [1.82, 2.24) is 15.5 Å². The van der Waals surface area contributed by atoms with E-state index >= 15 is 0 Å². The third-order valence-electron chi connectivity index (χ3n) is 3.37. The van der Waals surface area contributed by atoms with E-state index in [2.05, 4.69) is 22.4 Å². The highest BCUT2D eigenvalue weighted by molar-refractivity contribution is 7.16. The second kappa shape index (κ2) is 5.00. The molecule has 94 valence electrons. The predicted octanol–water partition coefficient (Wildman–Crippen LogP) is 1.82. The van der Waals surface area contributed by atoms with Crippen molar-refractivity contribution in [2.24, 2.45) is 5.41 Å². The summed E-state index contributed by atoms with van der Waals surface area (Å²) in [5, 5.41) is 11.0. The molecule has 1 saturated carbocycles. The van der Waals surface area contributed by atoms with E-state index in [0.29, 0.717) is 16.7 Å². The van der Waals surface area contributed by atoms with Crippen LogP contribution in [0.25, 0.3) is 0 Å². The molecular weight excluding hydrogens is 236 g/mol. The van der Waals surface area contributed by atoms with Crippen molar-refractivity contribution in [2.75, 3.05) is 12.3 Å². The first-order chi connectivity index (χ1) is 8.09. The summed E-state index contributed by atoms with van der Waals surface area (Å²) in [6, 6.07) is 0. The van der Waals surface area contributed by atoms with Crippen LogP contribution < -0.4 is 11.1 Å². The maximum Gasteiger partial charge on any atom is 0.282 e. The quantitative estimate of drug-likeness (QED) is 0.862. The molecule has 0 aliphatic heterocycles. The second-order valence-corrected chi connectivity index (χ2v) is 6.01. The normalized spacial score (nSPS) is 18.9. The highest BCUT2D eigenvalue weighted by atomic mass is 32.1. The van der Waals surface area contributed by atoms with E-state index in [4.69, 9.17) is 5.73 Å². The molecule has 0 radical (unpaired) electrons. The molecule has 1 aliphatic carbocycles. The number of anilines is 1. The number of amides is 1. The van der Waals surface area contributed by atoms with Crippen molar-refractivity contribution in [2.45, 2.75) is 39.0 Å². The van der Waals surface area contributed by atoms with Crippen LogP contribution >= 0.6 is 11.3 Å². The monoisotopic (exact) mass is 254 g/mol. The Labute approximate surface area is 105 Å². The minimum absolute atomic E-state index is 0.161. The third kappa shape index (κ3) is 3.15. The first-order valence-electron chi connectivity index (χ1n) is 5.96. The Hall–Kier alpha value is -1.17. The van der Waals surface area contributed by atoms with Gasteiger partial charge < -0.3 is 11.1 Å². The minimum atomic E-state index is -0.161. The number of carbonyl (C=O) groups excluding carboxylic acids is 1. The first-order valence-corrected chi connectivity index (χ1v) is 6.78. The third-order valence-corrected chi connectivity index (χ3v) is 4.12. The summed E-state index contributed by atoms with van der Waals surface area (Å²) in [6.45, 7) is 2.95. The number of hydrogen-bond donors (Lipinski definition) is 2. The zero-order chi connectivity index (χ0) is 12.3. The average Bonchev–Trinajstić information content (AvgIpc) is 2.74. The Morgan fingerprint density at radius 2 is 2.12 bits per heavy atom. The van der Waals surface area contributed by atoms with Gasteiger partial charge in [0.1, 0.15) is 0 Å². The van der Waals surface area contributed by atoms with E-state index in [0.717, 1.165) is 11.3 Å². The largest absolute Gasteiger partial charge is 0.374 e. The predicted molar refractivity (Wildman–Crippen MR) is 67.8 cm³/mol. The standard InChI is InChI=1S/C11H18N4OS/c1-11(5-3-2-4-6-11)7-13-8(16)9-14-15-10(12)17-9/h2-7H2,1H3,(H2,12,15)(H,13,16). The number of nitrogen functional groups attached to an aromatic ring is 1. The van der Waals surface area contributed by atoms with E-state index in [1.807, 2.05) is 0 Å². The molecule has 6 heteroatoms. The van der Waals surface area contributed by atoms with Crippen molar-refractivity contribution < 1.29 is 4.79 Å². The van der Waals surface area contributed by atoms with Crippen LogP contribution in [-0.4, -0.2) is 22.6 Å². The zero-order valence-corrected chi connectivity index (χ0v) is 10.8. The molecule has 0 spiro atoms. The lowest BCUT2D eigenvalue weighted by molar-refractivity contribution is 0.0918. The molecule has 2 rings (SSSR count). The van der Waals surface area contributed by atoms with Gasteiger partial charge in [0.15, 0.2) is 0 Å². The summed E-state index contributed by atoms with van der Waals surface area (Å²) in [5.74, 6) is -0.161. The highest BCUT2D eigenvalue weighted by Crippen LogP contribution is 2.34. The molecule has 1 heterocycles. The van der Waals surface area contributed by atoms with Gasteiger partial charge in [0, 0.05) is 6.54 Å². The molecule has 0 unspecified atom stereocenters. The lowest BCUT2D eigenvalue weighted by atomic mass is 9.76. The molecule has 3 N–H and O–H groups in total. The topological polar surface area (TPSA) is 80.9 Å². The molecule has 0 saturated heterocycles. The van der Waals surface area contributed by atoms with E-state index in [1.165, 1.54) is 32.1 Å². The Bertz CT molecular complexity index is 398. The SMILES string of the molecule is CC1(CNC(=O)c2nnc(N)s2)CCCCC1. The van der Waals surface area contributed by atoms with Gasteiger partial charge in [0.2, 0.25) is 10.1 Å². The zero-order valence-electron chi connectivity index (χ0n) is 10.0. The van der Waals surface area contributed by atoms with Gasteiger partial charge in [0.05, 0.1) is 0 Å². The first kappa shape index (κ1) is 12.3. The van der Waals surface area contributed by atoms with Crippen LogP contribution in [-0.2, 0) is 0 Å². The molecule has 1 fully saturated rings. The summed E-state index contributed by atoms with van der Waals surface area (Å²) in [7, 11) is 0. The maximum atomic E-state index is 11.8. The van der Waals surface area contributed by atoms with Gasteiger partial charge >= 0.3 is 0 Å². The van der Waals surface area contributed by atoms with Gasteiger partial charge in [0.25, 0.3) is 5.91 Å². The summed E-state index contributed by atoms with van der Waals surface area (Å²) in [5.41, 5.74) is 5.69. The van der Waals surface area contributed by atoms with Crippen molar-refractivity contribution >= 4 is 22.4 Å². The Morgan fingerprint density at radius 1 is 1.41 bits per heavy atom. The summed E-state index contributed by atoms with van der Waals surface area (Å²) >= 11 is 1.12. The van der Waals surface area contributed by atoms with Crippen LogP contribution in [0, 0.1) is 5.41 Å². The molecule has 17 heavy (non-hydrogen) atoms. The Balaban J connectivity index is 1.87. The minimum Gasteiger partial charge on any atom is -0.374 e. The summed E-state index contributed by atoms with van der Waals surface area (Å²) in [6.07, 6.45) is 6.21. The fraction of sp³-hybridized carbons (Fsp3) is 0.727. The fourth-order valence-electron chi connectivity index (χ4n) is 2.28. The van der Waals surface area contributed by atoms with Crippen molar-refractivity contribution in [1.29, 1.82) is 0 Å². The van der Waals surface area contributed by atoms with E-state index in [1.54, 1.807) is 0 Å². The number of rotatable bonds is 3. The fourth-order valence-corrected chi connectivity index (χ4v) is 2.80. The van der Waals surface area contributed by atoms with Gasteiger partial charge in [-0.25, -0.2) is 0 Å². The molecule has 5 nitrogen and oxygen atoms in total. The van der Waals surface area contributed by atoms with E-state index < -0.39 is 0 Å². The molecule has 1 amide bonds. The van der Waals surface area contributed by atoms with Crippen molar-refractivity contribution in [3.63, 3.8) is 0 Å². The number of nitrogens with one attached hydrogen (secondary N) is 1. The van der Waals surface area contributed by atoms with Gasteiger partial charge in [-0.2, -0.15) is 0 Å². The molecule has 1 aromatic heterocycles. The Kier molecular flexibility index (Phi) is 3.61. The van der Waals surface area contributed by atoms with Crippen LogP contribution in [0.4, 0.5) is 5.13 Å². The van der Waals surface area contributed by atoms with E-state index in [9.17, 15) is 4.79 Å². The van der Waals surface area contributed by atoms with Crippen molar-refractivity contribution in [3.8, 4) is 0 Å². The average molecular weight is 254 g/mol. The lowest BCUT2D eigenvalue weighted by Crippen LogP contribution is -2.37. The molecule has 1 aliphatic rings.